The lowest BCUT2D eigenvalue weighted by Crippen LogP contribution is -2.14. The lowest BCUT2D eigenvalue weighted by atomic mass is 9.82. The van der Waals surface area contributed by atoms with Gasteiger partial charge in [0, 0.05) is 43.9 Å². The van der Waals surface area contributed by atoms with Crippen LogP contribution in [0.5, 0.6) is 0 Å². The predicted molar refractivity (Wildman–Crippen MR) is 249 cm³/mol. The summed E-state index contributed by atoms with van der Waals surface area (Å²) in [6.45, 7) is 4.74. The Morgan fingerprint density at radius 1 is 0.322 bits per heavy atom. The van der Waals surface area contributed by atoms with Crippen molar-refractivity contribution in [3.05, 3.63) is 217 Å². The van der Waals surface area contributed by atoms with Gasteiger partial charge < -0.3 is 9.13 Å². The zero-order valence-electron chi connectivity index (χ0n) is 33.0. The van der Waals surface area contributed by atoms with E-state index in [1.54, 1.807) is 0 Å². The fourth-order valence-electron chi connectivity index (χ4n) is 10.1. The number of benzene rings is 9. The summed E-state index contributed by atoms with van der Waals surface area (Å²) < 4.78 is 4.93. The van der Waals surface area contributed by atoms with Gasteiger partial charge in [-0.15, -0.1) is 0 Å². The Balaban J connectivity index is 1.06. The predicted octanol–water partition coefficient (Wildman–Crippen LogP) is 15.2. The Labute approximate surface area is 343 Å². The van der Waals surface area contributed by atoms with Gasteiger partial charge in [-0.2, -0.15) is 0 Å². The lowest BCUT2D eigenvalue weighted by Gasteiger charge is -2.21. The normalized spacial score (nSPS) is 13.1. The third-order valence-electron chi connectivity index (χ3n) is 12.9. The van der Waals surface area contributed by atoms with Crippen molar-refractivity contribution in [2.75, 3.05) is 0 Å². The first kappa shape index (κ1) is 33.7. The van der Waals surface area contributed by atoms with Crippen LogP contribution in [0.4, 0.5) is 0 Å². The van der Waals surface area contributed by atoms with Crippen LogP contribution >= 0.6 is 0 Å². The second kappa shape index (κ2) is 12.8. The van der Waals surface area contributed by atoms with Crippen molar-refractivity contribution in [3.8, 4) is 55.9 Å². The van der Waals surface area contributed by atoms with E-state index in [0.717, 1.165) is 5.69 Å². The van der Waals surface area contributed by atoms with Crippen LogP contribution in [0, 0.1) is 0 Å². The van der Waals surface area contributed by atoms with E-state index in [0.29, 0.717) is 0 Å². The molecule has 2 nitrogen and oxygen atoms in total. The third kappa shape index (κ3) is 5.06. The molecule has 2 heterocycles. The van der Waals surface area contributed by atoms with Crippen LogP contribution in [0.25, 0.3) is 99.5 Å². The Hall–Kier alpha value is -7.42. The monoisotopic (exact) mass is 752 g/mol. The van der Waals surface area contributed by atoms with E-state index in [1.165, 1.54) is 105 Å². The van der Waals surface area contributed by atoms with E-state index in [9.17, 15) is 0 Å². The molecule has 0 unspecified atom stereocenters. The lowest BCUT2D eigenvalue weighted by molar-refractivity contribution is 0.661. The van der Waals surface area contributed by atoms with Gasteiger partial charge in [-0.3, -0.25) is 0 Å². The molecule has 0 bridgehead atoms. The fraction of sp³-hybridized carbons (Fsp3) is 0.0526. The average molecular weight is 753 g/mol. The molecule has 59 heavy (non-hydrogen) atoms. The van der Waals surface area contributed by atoms with Crippen LogP contribution in [0.2, 0.25) is 0 Å². The largest absolute Gasteiger partial charge is 0.309 e. The number of rotatable bonds is 5. The molecule has 0 radical (unpaired) electrons. The van der Waals surface area contributed by atoms with Crippen molar-refractivity contribution in [1.82, 2.24) is 9.13 Å². The number of hydrogen-bond donors (Lipinski definition) is 0. The van der Waals surface area contributed by atoms with Crippen LogP contribution in [-0.2, 0) is 5.41 Å². The molecule has 2 heteroatoms. The Morgan fingerprint density at radius 2 is 0.864 bits per heavy atom. The van der Waals surface area contributed by atoms with E-state index in [-0.39, 0.29) is 5.41 Å². The summed E-state index contributed by atoms with van der Waals surface area (Å²) in [6, 6.07) is 76.0. The molecule has 0 saturated carbocycles. The Morgan fingerprint density at radius 3 is 1.61 bits per heavy atom. The van der Waals surface area contributed by atoms with E-state index in [4.69, 9.17) is 0 Å². The summed E-state index contributed by atoms with van der Waals surface area (Å²) in [5.74, 6) is 0. The van der Waals surface area contributed by atoms with Gasteiger partial charge >= 0.3 is 0 Å². The molecule has 2 aromatic heterocycles. The first-order chi connectivity index (χ1) is 29.0. The SMILES string of the molecule is CC1(C)c2ccccc2-c2c1ccc1c3cc(-c4ccc5c(c4)c4ccccc4n5-c4cccc(-c5ccccc5)c4)ccc3n(-c3ccc(-c4ccccc4)cc3)c21. The van der Waals surface area contributed by atoms with Crippen molar-refractivity contribution in [1.29, 1.82) is 0 Å². The first-order valence-electron chi connectivity index (χ1n) is 20.6. The topological polar surface area (TPSA) is 9.86 Å². The zero-order valence-corrected chi connectivity index (χ0v) is 33.0. The van der Waals surface area contributed by atoms with Crippen molar-refractivity contribution in [2.24, 2.45) is 0 Å². The number of nitrogens with zero attached hydrogens (tertiary/aromatic N) is 2. The summed E-state index contributed by atoms with van der Waals surface area (Å²) >= 11 is 0. The smallest absolute Gasteiger partial charge is 0.0622 e. The van der Waals surface area contributed by atoms with Crippen molar-refractivity contribution >= 4 is 43.6 Å². The van der Waals surface area contributed by atoms with Gasteiger partial charge in [0.25, 0.3) is 0 Å². The molecule has 278 valence electrons. The number of hydrogen-bond acceptors (Lipinski definition) is 0. The molecular weight excluding hydrogens is 713 g/mol. The molecular formula is C57H40N2. The van der Waals surface area contributed by atoms with E-state index in [1.807, 2.05) is 0 Å². The van der Waals surface area contributed by atoms with Crippen LogP contribution in [0.1, 0.15) is 25.0 Å². The molecule has 0 N–H and O–H groups in total. The summed E-state index contributed by atoms with van der Waals surface area (Å²) in [7, 11) is 0. The van der Waals surface area contributed by atoms with Crippen molar-refractivity contribution < 1.29 is 0 Å². The minimum absolute atomic E-state index is 0.0960. The molecule has 0 atom stereocenters. The number of fused-ring (bicyclic) bond motifs is 10. The molecule has 0 fully saturated rings. The van der Waals surface area contributed by atoms with E-state index >= 15 is 0 Å². The summed E-state index contributed by atoms with van der Waals surface area (Å²) in [5, 5.41) is 5.04. The molecule has 9 aromatic carbocycles. The second-order valence-electron chi connectivity index (χ2n) is 16.5. The standard InChI is InChI=1S/C57H40N2/c1-57(2)50-22-11-9-21-47(50)55-51(57)31-30-46-49-36-42(27-33-54(49)59(56(46)55)43-28-24-39(25-29-43)37-14-5-3-6-15-37)41-26-32-53-48(35-41)45-20-10-12-23-52(45)58(53)44-19-13-18-40(34-44)38-16-7-4-8-17-38/h3-36H,1-2H3. The molecule has 1 aliphatic carbocycles. The van der Waals surface area contributed by atoms with Crippen LogP contribution in [0.3, 0.4) is 0 Å². The van der Waals surface area contributed by atoms with Crippen molar-refractivity contribution in [3.63, 3.8) is 0 Å². The minimum atomic E-state index is -0.0960. The van der Waals surface area contributed by atoms with E-state index in [2.05, 4.69) is 229 Å². The molecule has 0 aliphatic heterocycles. The van der Waals surface area contributed by atoms with Gasteiger partial charge in [0.05, 0.1) is 22.1 Å². The summed E-state index contributed by atoms with van der Waals surface area (Å²) in [5.41, 5.74) is 19.9. The first-order valence-corrected chi connectivity index (χ1v) is 20.6. The van der Waals surface area contributed by atoms with Gasteiger partial charge in [0.15, 0.2) is 0 Å². The second-order valence-corrected chi connectivity index (χ2v) is 16.5. The molecule has 12 rings (SSSR count). The van der Waals surface area contributed by atoms with E-state index < -0.39 is 0 Å². The summed E-state index contributed by atoms with van der Waals surface area (Å²) in [6.07, 6.45) is 0. The maximum absolute atomic E-state index is 2.51. The minimum Gasteiger partial charge on any atom is -0.309 e. The molecule has 1 aliphatic rings. The molecule has 0 amide bonds. The van der Waals surface area contributed by atoms with Crippen LogP contribution in [0.15, 0.2) is 206 Å². The quantitative estimate of drug-likeness (QED) is 0.166. The molecule has 0 saturated heterocycles. The maximum Gasteiger partial charge on any atom is 0.0622 e. The number of para-hydroxylation sites is 1. The van der Waals surface area contributed by atoms with Crippen molar-refractivity contribution in [2.45, 2.75) is 19.3 Å². The van der Waals surface area contributed by atoms with Crippen LogP contribution in [-0.4, -0.2) is 9.13 Å². The Bertz CT molecular complexity index is 3440. The van der Waals surface area contributed by atoms with Crippen LogP contribution < -0.4 is 0 Å². The van der Waals surface area contributed by atoms with Gasteiger partial charge in [-0.25, -0.2) is 0 Å². The highest BCUT2D eigenvalue weighted by Gasteiger charge is 2.37. The van der Waals surface area contributed by atoms with Gasteiger partial charge in [-0.05, 0) is 105 Å². The number of aromatic nitrogens is 2. The van der Waals surface area contributed by atoms with Gasteiger partial charge in [-0.1, -0.05) is 166 Å². The maximum atomic E-state index is 2.51. The fourth-order valence-corrected chi connectivity index (χ4v) is 10.1. The third-order valence-corrected chi connectivity index (χ3v) is 12.9. The molecule has 0 spiro atoms. The average Bonchev–Trinajstić information content (AvgIpc) is 3.89. The molecule has 11 aromatic rings. The van der Waals surface area contributed by atoms with Gasteiger partial charge in [0.1, 0.15) is 0 Å². The Kier molecular flexibility index (Phi) is 7.31. The summed E-state index contributed by atoms with van der Waals surface area (Å²) in [4.78, 5) is 0. The highest BCUT2D eigenvalue weighted by molar-refractivity contribution is 6.17. The highest BCUT2D eigenvalue weighted by atomic mass is 15.0. The zero-order chi connectivity index (χ0) is 39.2. The highest BCUT2D eigenvalue weighted by Crippen LogP contribution is 2.53. The van der Waals surface area contributed by atoms with Gasteiger partial charge in [0.2, 0.25) is 0 Å².